The molecule has 1 atom stereocenters. The van der Waals surface area contributed by atoms with Gasteiger partial charge >= 0.3 is 0 Å². The van der Waals surface area contributed by atoms with Gasteiger partial charge in [0.1, 0.15) is 5.75 Å². The number of para-hydroxylation sites is 1. The molecule has 1 heterocycles. The lowest BCUT2D eigenvalue weighted by atomic mass is 10.2. The molecule has 1 saturated heterocycles. The molecule has 1 aliphatic heterocycles. The number of morpholine rings is 1. The highest BCUT2D eigenvalue weighted by molar-refractivity contribution is 7.89. The van der Waals surface area contributed by atoms with Crippen molar-refractivity contribution in [3.8, 4) is 5.75 Å². The predicted octanol–water partition coefficient (Wildman–Crippen LogP) is 2.79. The number of rotatable bonds is 6. The summed E-state index contributed by atoms with van der Waals surface area (Å²) >= 11 is 6.26. The Morgan fingerprint density at radius 2 is 1.83 bits per heavy atom. The lowest BCUT2D eigenvalue weighted by Crippen LogP contribution is -2.40. The van der Waals surface area contributed by atoms with Crippen LogP contribution in [0.25, 0.3) is 0 Å². The maximum Gasteiger partial charge on any atom is 0.267 e. The van der Waals surface area contributed by atoms with Crippen LogP contribution >= 0.6 is 11.6 Å². The van der Waals surface area contributed by atoms with E-state index in [1.165, 1.54) is 27.4 Å². The van der Waals surface area contributed by atoms with Crippen LogP contribution in [0, 0.1) is 0 Å². The first-order valence-corrected chi connectivity index (χ1v) is 11.0. The number of amides is 1. The maximum absolute atomic E-state index is 12.7. The summed E-state index contributed by atoms with van der Waals surface area (Å²) in [5, 5.41) is 0.126. The quantitative estimate of drug-likeness (QED) is 0.693. The standard InChI is InChI=1S/C20H23ClN2O5S/c1-15(20(24)22(2)16-6-4-3-5-7-16)28-19-9-8-17(14-18(19)21)29(25,26)23-10-12-27-13-11-23/h3-9,14-15H,10-13H2,1-2H3/t15-/m0/s1. The zero-order valence-electron chi connectivity index (χ0n) is 16.2. The third kappa shape index (κ3) is 4.90. The molecule has 3 rings (SSSR count). The van der Waals surface area contributed by atoms with E-state index in [2.05, 4.69) is 0 Å². The van der Waals surface area contributed by atoms with E-state index in [-0.39, 0.29) is 21.6 Å². The van der Waals surface area contributed by atoms with Gasteiger partial charge in [-0.05, 0) is 37.3 Å². The van der Waals surface area contributed by atoms with Gasteiger partial charge in [-0.15, -0.1) is 0 Å². The van der Waals surface area contributed by atoms with Crippen LogP contribution in [-0.2, 0) is 19.6 Å². The van der Waals surface area contributed by atoms with Crippen LogP contribution in [0.1, 0.15) is 6.92 Å². The predicted molar refractivity (Wildman–Crippen MR) is 111 cm³/mol. The van der Waals surface area contributed by atoms with E-state index >= 15 is 0 Å². The summed E-state index contributed by atoms with van der Waals surface area (Å²) in [7, 11) is -1.99. The van der Waals surface area contributed by atoms with E-state index in [9.17, 15) is 13.2 Å². The van der Waals surface area contributed by atoms with Crippen molar-refractivity contribution in [2.45, 2.75) is 17.9 Å². The highest BCUT2D eigenvalue weighted by Crippen LogP contribution is 2.30. The summed E-state index contributed by atoms with van der Waals surface area (Å²) in [6, 6.07) is 13.5. The fraction of sp³-hybridized carbons (Fsp3) is 0.350. The molecule has 29 heavy (non-hydrogen) atoms. The molecule has 0 aromatic heterocycles. The molecule has 7 nitrogen and oxygen atoms in total. The number of carbonyl (C=O) groups is 1. The number of likely N-dealkylation sites (N-methyl/N-ethyl adjacent to an activating group) is 1. The fourth-order valence-electron chi connectivity index (χ4n) is 2.97. The van der Waals surface area contributed by atoms with Crippen LogP contribution in [0.5, 0.6) is 5.75 Å². The molecular weight excluding hydrogens is 416 g/mol. The average molecular weight is 439 g/mol. The molecular formula is C20H23ClN2O5S. The Morgan fingerprint density at radius 1 is 1.17 bits per heavy atom. The minimum atomic E-state index is -3.66. The largest absolute Gasteiger partial charge is 0.479 e. The molecule has 2 aromatic rings. The first kappa shape index (κ1) is 21.6. The number of sulfonamides is 1. The second kappa shape index (κ2) is 9.13. The number of benzene rings is 2. The Morgan fingerprint density at radius 3 is 2.45 bits per heavy atom. The first-order valence-electron chi connectivity index (χ1n) is 9.17. The van der Waals surface area contributed by atoms with Crippen molar-refractivity contribution < 1.29 is 22.7 Å². The monoisotopic (exact) mass is 438 g/mol. The molecule has 1 aliphatic rings. The van der Waals surface area contributed by atoms with Crippen LogP contribution in [0.3, 0.4) is 0 Å². The normalized spacial score (nSPS) is 16.2. The number of nitrogens with zero attached hydrogens (tertiary/aromatic N) is 2. The molecule has 0 spiro atoms. The summed E-state index contributed by atoms with van der Waals surface area (Å²) in [5.74, 6) is -0.00723. The van der Waals surface area contributed by atoms with Crippen molar-refractivity contribution in [2.75, 3.05) is 38.3 Å². The molecule has 0 N–H and O–H groups in total. The smallest absolute Gasteiger partial charge is 0.267 e. The second-order valence-electron chi connectivity index (χ2n) is 6.60. The molecule has 1 amide bonds. The highest BCUT2D eigenvalue weighted by Gasteiger charge is 2.27. The number of carbonyl (C=O) groups excluding carboxylic acids is 1. The van der Waals surface area contributed by atoms with Crippen molar-refractivity contribution in [3.63, 3.8) is 0 Å². The Labute approximate surface area is 175 Å². The molecule has 0 radical (unpaired) electrons. The molecule has 2 aromatic carbocycles. The van der Waals surface area contributed by atoms with Gasteiger partial charge in [-0.1, -0.05) is 29.8 Å². The summed E-state index contributed by atoms with van der Waals surface area (Å²) in [4.78, 5) is 14.2. The Balaban J connectivity index is 1.72. The average Bonchev–Trinajstić information content (AvgIpc) is 2.75. The SMILES string of the molecule is C[C@H](Oc1ccc(S(=O)(=O)N2CCOCC2)cc1Cl)C(=O)N(C)c1ccccc1. The Hall–Kier alpha value is -2.13. The van der Waals surface area contributed by atoms with Crippen LogP contribution < -0.4 is 9.64 Å². The third-order valence-corrected chi connectivity index (χ3v) is 6.83. The maximum atomic E-state index is 12.7. The van der Waals surface area contributed by atoms with Gasteiger partial charge < -0.3 is 14.4 Å². The van der Waals surface area contributed by atoms with Crippen molar-refractivity contribution in [1.29, 1.82) is 0 Å². The molecule has 0 bridgehead atoms. The van der Waals surface area contributed by atoms with Gasteiger partial charge in [-0.3, -0.25) is 4.79 Å². The molecule has 1 fully saturated rings. The van der Waals surface area contributed by atoms with Crippen LogP contribution in [0.2, 0.25) is 5.02 Å². The Kier molecular flexibility index (Phi) is 6.79. The van der Waals surface area contributed by atoms with E-state index in [1.54, 1.807) is 14.0 Å². The zero-order chi connectivity index (χ0) is 21.0. The molecule has 0 aliphatic carbocycles. The van der Waals surface area contributed by atoms with Gasteiger partial charge in [-0.25, -0.2) is 8.42 Å². The molecule has 0 saturated carbocycles. The summed E-state index contributed by atoms with van der Waals surface area (Å²) in [6.07, 6.45) is -0.806. The fourth-order valence-corrected chi connectivity index (χ4v) is 4.69. The van der Waals surface area contributed by atoms with E-state index in [4.69, 9.17) is 21.1 Å². The minimum Gasteiger partial charge on any atom is -0.479 e. The van der Waals surface area contributed by atoms with Crippen LogP contribution in [0.4, 0.5) is 5.69 Å². The van der Waals surface area contributed by atoms with Crippen molar-refractivity contribution in [1.82, 2.24) is 4.31 Å². The number of hydrogen-bond acceptors (Lipinski definition) is 5. The van der Waals surface area contributed by atoms with E-state index < -0.39 is 16.1 Å². The zero-order valence-corrected chi connectivity index (χ0v) is 17.8. The minimum absolute atomic E-state index is 0.0807. The first-order chi connectivity index (χ1) is 13.8. The van der Waals surface area contributed by atoms with Gasteiger partial charge in [0.2, 0.25) is 10.0 Å². The summed E-state index contributed by atoms with van der Waals surface area (Å²) < 4.78 is 37.8. The number of anilines is 1. The van der Waals surface area contributed by atoms with Gasteiger partial charge in [0.15, 0.2) is 6.10 Å². The second-order valence-corrected chi connectivity index (χ2v) is 8.95. The van der Waals surface area contributed by atoms with E-state index in [0.717, 1.165) is 5.69 Å². The van der Waals surface area contributed by atoms with Crippen molar-refractivity contribution >= 4 is 33.2 Å². The lowest BCUT2D eigenvalue weighted by molar-refractivity contribution is -0.124. The molecule has 0 unspecified atom stereocenters. The molecule has 9 heteroatoms. The van der Waals surface area contributed by atoms with Gasteiger partial charge in [0.05, 0.1) is 23.1 Å². The van der Waals surface area contributed by atoms with Gasteiger partial charge in [0, 0.05) is 25.8 Å². The number of halogens is 1. The lowest BCUT2D eigenvalue weighted by Gasteiger charge is -2.26. The topological polar surface area (TPSA) is 76.1 Å². The van der Waals surface area contributed by atoms with Crippen molar-refractivity contribution in [3.05, 3.63) is 53.6 Å². The van der Waals surface area contributed by atoms with Crippen LogP contribution in [-0.4, -0.2) is 58.1 Å². The van der Waals surface area contributed by atoms with Gasteiger partial charge in [-0.2, -0.15) is 4.31 Å². The Bertz CT molecular complexity index is 962. The third-order valence-electron chi connectivity index (χ3n) is 4.64. The summed E-state index contributed by atoms with van der Waals surface area (Å²) in [5.41, 5.74) is 0.742. The highest BCUT2D eigenvalue weighted by atomic mass is 35.5. The number of ether oxygens (including phenoxy) is 2. The van der Waals surface area contributed by atoms with Gasteiger partial charge in [0.25, 0.3) is 5.91 Å². The molecule has 156 valence electrons. The summed E-state index contributed by atoms with van der Waals surface area (Å²) in [6.45, 7) is 2.95. The van der Waals surface area contributed by atoms with E-state index in [1.807, 2.05) is 30.3 Å². The number of hydrogen-bond donors (Lipinski definition) is 0. The van der Waals surface area contributed by atoms with Crippen molar-refractivity contribution in [2.24, 2.45) is 0 Å². The van der Waals surface area contributed by atoms with E-state index in [0.29, 0.717) is 26.3 Å². The van der Waals surface area contributed by atoms with Crippen LogP contribution in [0.15, 0.2) is 53.4 Å².